The number of amides is 3. The van der Waals surface area contributed by atoms with E-state index >= 15 is 0 Å². The van der Waals surface area contributed by atoms with Crippen molar-refractivity contribution in [2.24, 2.45) is 0 Å². The zero-order chi connectivity index (χ0) is 26.5. The molecule has 4 N–H and O–H groups in total. The number of nitrogens with zero attached hydrogens (tertiary/aromatic N) is 1. The Morgan fingerprint density at radius 2 is 1.84 bits per heavy atom. The Morgan fingerprint density at radius 3 is 2.54 bits per heavy atom. The summed E-state index contributed by atoms with van der Waals surface area (Å²) in [4.78, 5) is 51.8. The largest absolute Gasteiger partial charge is 0.481 e. The van der Waals surface area contributed by atoms with Crippen molar-refractivity contribution in [3.8, 4) is 0 Å². The molecule has 37 heavy (non-hydrogen) atoms. The number of rotatable bonds is 9. The van der Waals surface area contributed by atoms with Crippen LogP contribution in [0.5, 0.6) is 0 Å². The van der Waals surface area contributed by atoms with Crippen molar-refractivity contribution < 1.29 is 38.5 Å². The molecule has 0 fully saturated rings. The Balaban J connectivity index is 1.52. The molecule has 0 bridgehead atoms. The second-order valence-corrected chi connectivity index (χ2v) is 9.08. The Kier molecular flexibility index (Phi) is 8.02. The summed E-state index contributed by atoms with van der Waals surface area (Å²) >= 11 is 0. The van der Waals surface area contributed by atoms with Gasteiger partial charge in [-0.2, -0.15) is 0 Å². The predicted octanol–water partition coefficient (Wildman–Crippen LogP) is 1.48. The molecule has 2 aromatic rings. The Bertz CT molecular complexity index is 1180. The number of halogens is 1. The number of aryl methyl sites for hydroxylation is 1. The number of aliphatic hydroxyl groups is 1. The molecule has 2 aliphatic heterocycles. The van der Waals surface area contributed by atoms with Crippen LogP contribution in [0.1, 0.15) is 29.5 Å². The highest BCUT2D eigenvalue weighted by Gasteiger charge is 2.44. The lowest BCUT2D eigenvalue weighted by atomic mass is 10.0. The predicted molar refractivity (Wildman–Crippen MR) is 129 cm³/mol. The number of nitrogens with one attached hydrogen (secondary N) is 2. The molecule has 196 valence electrons. The smallest absolute Gasteiger partial charge is 0.408 e. The summed E-state index contributed by atoms with van der Waals surface area (Å²) in [6, 6.07) is 11.1. The maximum atomic E-state index is 13.6. The number of carbonyl (C=O) groups is 4. The van der Waals surface area contributed by atoms with Gasteiger partial charge < -0.3 is 25.6 Å². The van der Waals surface area contributed by atoms with E-state index in [0.29, 0.717) is 12.1 Å². The SMILES string of the molecule is O=C(O)CC(NC(=O)[C@@H]1Cc2cccc3c2N1C(=O)[C@@H](NC(=O)OCc1ccccc1)CC3)C(O)CF. The van der Waals surface area contributed by atoms with Gasteiger partial charge in [0.05, 0.1) is 18.2 Å². The minimum absolute atomic E-state index is 0.0224. The Morgan fingerprint density at radius 1 is 1.11 bits per heavy atom. The topological polar surface area (TPSA) is 145 Å². The first-order chi connectivity index (χ1) is 17.8. The van der Waals surface area contributed by atoms with Crippen molar-refractivity contribution in [2.75, 3.05) is 11.6 Å². The molecule has 2 unspecified atom stereocenters. The van der Waals surface area contributed by atoms with Gasteiger partial charge in [-0.3, -0.25) is 19.3 Å². The summed E-state index contributed by atoms with van der Waals surface area (Å²) < 4.78 is 18.3. The summed E-state index contributed by atoms with van der Waals surface area (Å²) in [7, 11) is 0. The standard InChI is InChI=1S/C26H28FN3O7/c27-13-21(31)19(12-22(32)33)28-24(34)20-11-17-8-4-7-16-9-10-18(25(35)30(20)23(16)17)29-26(36)37-14-15-5-2-1-3-6-15/h1-8,18-21,31H,9-14H2,(H,28,34)(H,29,36)(H,32,33)/t18-,19?,20-,21?/m0/s1. The van der Waals surface area contributed by atoms with Crippen molar-refractivity contribution in [3.05, 3.63) is 65.2 Å². The third-order valence-corrected chi connectivity index (χ3v) is 6.56. The molecule has 0 saturated carbocycles. The van der Waals surface area contributed by atoms with Crippen molar-refractivity contribution in [2.45, 2.75) is 56.5 Å². The van der Waals surface area contributed by atoms with E-state index in [1.807, 2.05) is 30.3 Å². The quantitative estimate of drug-likeness (QED) is 0.397. The van der Waals surface area contributed by atoms with E-state index < -0.39 is 61.2 Å². The number of alkyl carbamates (subject to hydrolysis) is 1. The number of hydrogen-bond donors (Lipinski definition) is 4. The molecule has 0 saturated heterocycles. The molecule has 2 aliphatic rings. The van der Waals surface area contributed by atoms with Gasteiger partial charge in [0.1, 0.15) is 31.5 Å². The fourth-order valence-electron chi connectivity index (χ4n) is 4.74. The molecule has 4 rings (SSSR count). The zero-order valence-electron chi connectivity index (χ0n) is 19.9. The first-order valence-corrected chi connectivity index (χ1v) is 12.0. The van der Waals surface area contributed by atoms with Gasteiger partial charge in [-0.05, 0) is 29.5 Å². The minimum Gasteiger partial charge on any atom is -0.481 e. The van der Waals surface area contributed by atoms with Gasteiger partial charge in [0.2, 0.25) is 11.8 Å². The molecular weight excluding hydrogens is 485 g/mol. The van der Waals surface area contributed by atoms with E-state index in [1.54, 1.807) is 18.2 Å². The monoisotopic (exact) mass is 513 g/mol. The first kappa shape index (κ1) is 26.1. The molecule has 10 nitrogen and oxygen atoms in total. The van der Waals surface area contributed by atoms with Crippen LogP contribution in [0.2, 0.25) is 0 Å². The average molecular weight is 514 g/mol. The average Bonchev–Trinajstić information content (AvgIpc) is 3.23. The summed E-state index contributed by atoms with van der Waals surface area (Å²) in [5, 5.41) is 24.0. The van der Waals surface area contributed by atoms with Crippen LogP contribution in [0, 0.1) is 0 Å². The van der Waals surface area contributed by atoms with E-state index in [9.17, 15) is 28.7 Å². The van der Waals surface area contributed by atoms with Crippen molar-refractivity contribution in [1.29, 1.82) is 0 Å². The number of para-hydroxylation sites is 1. The first-order valence-electron chi connectivity index (χ1n) is 12.0. The van der Waals surface area contributed by atoms with E-state index in [4.69, 9.17) is 9.84 Å². The van der Waals surface area contributed by atoms with Crippen LogP contribution in [-0.4, -0.2) is 65.0 Å². The summed E-state index contributed by atoms with van der Waals surface area (Å²) in [6.07, 6.45) is -2.28. The van der Waals surface area contributed by atoms with E-state index in [0.717, 1.165) is 16.7 Å². The normalized spacial score (nSPS) is 19.8. The van der Waals surface area contributed by atoms with Crippen LogP contribution < -0.4 is 15.5 Å². The zero-order valence-corrected chi connectivity index (χ0v) is 19.9. The van der Waals surface area contributed by atoms with Crippen LogP contribution >= 0.6 is 0 Å². The number of hydrogen-bond acceptors (Lipinski definition) is 6. The number of aliphatic carboxylic acids is 1. The number of ether oxygens (including phenoxy) is 1. The molecule has 11 heteroatoms. The highest BCUT2D eigenvalue weighted by Crippen LogP contribution is 2.39. The fourth-order valence-corrected chi connectivity index (χ4v) is 4.74. The number of benzene rings is 2. The van der Waals surface area contributed by atoms with Gasteiger partial charge >= 0.3 is 12.1 Å². The van der Waals surface area contributed by atoms with Crippen molar-refractivity contribution in [3.63, 3.8) is 0 Å². The number of aliphatic hydroxyl groups excluding tert-OH is 1. The molecule has 4 atom stereocenters. The van der Waals surface area contributed by atoms with Crippen LogP contribution in [0.4, 0.5) is 14.9 Å². The lowest BCUT2D eigenvalue weighted by Gasteiger charge is -2.29. The minimum atomic E-state index is -1.71. The third kappa shape index (κ3) is 5.88. The molecule has 0 radical (unpaired) electrons. The lowest BCUT2D eigenvalue weighted by molar-refractivity contribution is -0.139. The van der Waals surface area contributed by atoms with Gasteiger partial charge in [-0.15, -0.1) is 0 Å². The maximum Gasteiger partial charge on any atom is 0.408 e. The highest BCUT2D eigenvalue weighted by molar-refractivity contribution is 6.07. The van der Waals surface area contributed by atoms with Crippen LogP contribution in [0.3, 0.4) is 0 Å². The molecule has 3 amide bonds. The molecule has 2 heterocycles. The van der Waals surface area contributed by atoms with Crippen LogP contribution in [0.15, 0.2) is 48.5 Å². The number of carboxylic acid groups (broad SMARTS) is 1. The van der Waals surface area contributed by atoms with E-state index in [-0.39, 0.29) is 19.4 Å². The Hall–Kier alpha value is -3.99. The number of carbonyl (C=O) groups excluding carboxylic acids is 3. The van der Waals surface area contributed by atoms with Gasteiger partial charge in [0.25, 0.3) is 0 Å². The molecule has 2 aromatic carbocycles. The maximum absolute atomic E-state index is 13.6. The molecule has 0 spiro atoms. The van der Waals surface area contributed by atoms with E-state index in [1.165, 1.54) is 4.90 Å². The second kappa shape index (κ2) is 11.4. The van der Waals surface area contributed by atoms with Crippen molar-refractivity contribution in [1.82, 2.24) is 10.6 Å². The van der Waals surface area contributed by atoms with Gasteiger partial charge in [-0.25, -0.2) is 9.18 Å². The van der Waals surface area contributed by atoms with Crippen LogP contribution in [0.25, 0.3) is 0 Å². The van der Waals surface area contributed by atoms with Gasteiger partial charge in [0, 0.05) is 6.42 Å². The second-order valence-electron chi connectivity index (χ2n) is 9.08. The summed E-state index contributed by atoms with van der Waals surface area (Å²) in [6.45, 7) is -1.22. The lowest BCUT2D eigenvalue weighted by Crippen LogP contribution is -2.57. The van der Waals surface area contributed by atoms with Gasteiger partial charge in [0.15, 0.2) is 0 Å². The number of alkyl halides is 1. The third-order valence-electron chi connectivity index (χ3n) is 6.56. The molecule has 0 aromatic heterocycles. The fraction of sp³-hybridized carbons (Fsp3) is 0.385. The Labute approximate surface area is 212 Å². The number of anilines is 1. The van der Waals surface area contributed by atoms with E-state index in [2.05, 4.69) is 10.6 Å². The van der Waals surface area contributed by atoms with Gasteiger partial charge in [-0.1, -0.05) is 48.5 Å². The van der Waals surface area contributed by atoms with Crippen molar-refractivity contribution >= 4 is 29.6 Å². The molecular formula is C26H28FN3O7. The summed E-state index contributed by atoms with van der Waals surface area (Å²) in [5.41, 5.74) is 2.94. The van der Waals surface area contributed by atoms with Crippen LogP contribution in [-0.2, 0) is 38.6 Å². The highest BCUT2D eigenvalue weighted by atomic mass is 19.1. The number of carboxylic acids is 1. The summed E-state index contributed by atoms with van der Waals surface area (Å²) in [5.74, 6) is -2.55. The molecule has 0 aliphatic carbocycles.